The monoisotopic (exact) mass is 269 g/mol. The van der Waals surface area contributed by atoms with Crippen LogP contribution in [0.25, 0.3) is 0 Å². The molecule has 1 N–H and O–H groups in total. The molecule has 2 nitrogen and oxygen atoms in total. The van der Waals surface area contributed by atoms with Gasteiger partial charge in [-0.1, -0.05) is 22.6 Å². The van der Waals surface area contributed by atoms with Gasteiger partial charge in [0.1, 0.15) is 0 Å². The molecule has 1 heterocycles. The maximum absolute atomic E-state index is 5.28. The molecular formula is C8H16INO. The van der Waals surface area contributed by atoms with Gasteiger partial charge in [0, 0.05) is 24.2 Å². The zero-order valence-corrected chi connectivity index (χ0v) is 8.97. The highest BCUT2D eigenvalue weighted by Gasteiger charge is 2.12. The van der Waals surface area contributed by atoms with E-state index in [9.17, 15) is 0 Å². The second-order valence-electron chi connectivity index (χ2n) is 2.95. The summed E-state index contributed by atoms with van der Waals surface area (Å²) in [6, 6.07) is 0. The van der Waals surface area contributed by atoms with Crippen molar-refractivity contribution in [1.82, 2.24) is 5.32 Å². The molecule has 0 aromatic heterocycles. The fraction of sp³-hybridized carbons (Fsp3) is 1.00. The van der Waals surface area contributed by atoms with Crippen molar-refractivity contribution in [2.24, 2.45) is 5.92 Å². The van der Waals surface area contributed by atoms with Crippen LogP contribution in [0.1, 0.15) is 12.8 Å². The molecule has 1 aliphatic heterocycles. The number of rotatable bonds is 4. The number of hydrogen-bond donors (Lipinski definition) is 1. The van der Waals surface area contributed by atoms with E-state index in [1.54, 1.807) is 0 Å². The molecule has 1 saturated heterocycles. The van der Waals surface area contributed by atoms with E-state index in [-0.39, 0.29) is 0 Å². The summed E-state index contributed by atoms with van der Waals surface area (Å²) in [7, 11) is 0. The molecule has 0 bridgehead atoms. The minimum Gasteiger partial charge on any atom is -0.381 e. The third-order valence-electron chi connectivity index (χ3n) is 2.05. The zero-order chi connectivity index (χ0) is 7.94. The Morgan fingerprint density at radius 1 is 1.36 bits per heavy atom. The van der Waals surface area contributed by atoms with Crippen molar-refractivity contribution in [2.75, 3.05) is 30.7 Å². The molecule has 0 saturated carbocycles. The standard InChI is InChI=1S/C8H16INO/c9-3-4-10-7-8-1-5-11-6-2-8/h8,10H,1-7H2. The first-order valence-electron chi connectivity index (χ1n) is 4.28. The lowest BCUT2D eigenvalue weighted by molar-refractivity contribution is 0.0665. The molecule has 0 atom stereocenters. The van der Waals surface area contributed by atoms with E-state index >= 15 is 0 Å². The van der Waals surface area contributed by atoms with Crippen LogP contribution < -0.4 is 5.32 Å². The minimum absolute atomic E-state index is 0.867. The van der Waals surface area contributed by atoms with E-state index in [1.807, 2.05) is 0 Å². The van der Waals surface area contributed by atoms with E-state index in [2.05, 4.69) is 27.9 Å². The van der Waals surface area contributed by atoms with Crippen molar-refractivity contribution in [1.29, 1.82) is 0 Å². The predicted molar refractivity (Wildman–Crippen MR) is 55.3 cm³/mol. The number of nitrogens with one attached hydrogen (secondary N) is 1. The van der Waals surface area contributed by atoms with Gasteiger partial charge in [-0.25, -0.2) is 0 Å². The SMILES string of the molecule is ICCNCC1CCOCC1. The summed E-state index contributed by atoms with van der Waals surface area (Å²) in [5.41, 5.74) is 0. The van der Waals surface area contributed by atoms with Crippen molar-refractivity contribution in [3.8, 4) is 0 Å². The highest BCUT2D eigenvalue weighted by molar-refractivity contribution is 14.1. The van der Waals surface area contributed by atoms with Crippen LogP contribution in [0.4, 0.5) is 0 Å². The highest BCUT2D eigenvalue weighted by atomic mass is 127. The Morgan fingerprint density at radius 3 is 2.73 bits per heavy atom. The maximum atomic E-state index is 5.28. The second kappa shape index (κ2) is 6.20. The Kier molecular flexibility index (Phi) is 5.49. The van der Waals surface area contributed by atoms with Crippen LogP contribution >= 0.6 is 22.6 Å². The second-order valence-corrected chi connectivity index (χ2v) is 4.03. The molecule has 1 rings (SSSR count). The first-order chi connectivity index (χ1) is 5.43. The summed E-state index contributed by atoms with van der Waals surface area (Å²) in [6.07, 6.45) is 2.49. The van der Waals surface area contributed by atoms with Crippen molar-refractivity contribution in [2.45, 2.75) is 12.8 Å². The predicted octanol–water partition coefficient (Wildman–Crippen LogP) is 1.44. The molecule has 0 unspecified atom stereocenters. The van der Waals surface area contributed by atoms with Crippen LogP contribution in [0.2, 0.25) is 0 Å². The summed E-state index contributed by atoms with van der Waals surface area (Å²) in [5.74, 6) is 0.867. The molecule has 66 valence electrons. The largest absolute Gasteiger partial charge is 0.381 e. The first-order valence-corrected chi connectivity index (χ1v) is 5.80. The van der Waals surface area contributed by atoms with Gasteiger partial charge < -0.3 is 10.1 Å². The van der Waals surface area contributed by atoms with Gasteiger partial charge in [0.2, 0.25) is 0 Å². The Balaban J connectivity index is 1.96. The lowest BCUT2D eigenvalue weighted by Gasteiger charge is -2.21. The molecule has 0 aliphatic carbocycles. The van der Waals surface area contributed by atoms with Crippen LogP contribution in [0.15, 0.2) is 0 Å². The summed E-state index contributed by atoms with van der Waals surface area (Å²) in [5, 5.41) is 3.44. The van der Waals surface area contributed by atoms with Gasteiger partial charge in [0.15, 0.2) is 0 Å². The maximum Gasteiger partial charge on any atom is 0.0469 e. The van der Waals surface area contributed by atoms with Crippen LogP contribution in [0, 0.1) is 5.92 Å². The Labute approximate surface area is 82.2 Å². The van der Waals surface area contributed by atoms with Crippen LogP contribution in [-0.4, -0.2) is 30.7 Å². The van der Waals surface area contributed by atoms with Crippen LogP contribution in [-0.2, 0) is 4.74 Å². The van der Waals surface area contributed by atoms with Crippen molar-refractivity contribution in [3.63, 3.8) is 0 Å². The van der Waals surface area contributed by atoms with Crippen LogP contribution in [0.3, 0.4) is 0 Å². The van der Waals surface area contributed by atoms with Gasteiger partial charge in [-0.3, -0.25) is 0 Å². The van der Waals surface area contributed by atoms with Crippen LogP contribution in [0.5, 0.6) is 0 Å². The number of hydrogen-bond acceptors (Lipinski definition) is 2. The highest BCUT2D eigenvalue weighted by Crippen LogP contribution is 2.12. The molecule has 11 heavy (non-hydrogen) atoms. The Hall–Kier alpha value is 0.650. The molecule has 1 fully saturated rings. The molecule has 0 radical (unpaired) electrons. The summed E-state index contributed by atoms with van der Waals surface area (Å²) < 4.78 is 6.49. The third kappa shape index (κ3) is 4.28. The summed E-state index contributed by atoms with van der Waals surface area (Å²) in [6.45, 7) is 4.28. The molecule has 0 aromatic carbocycles. The van der Waals surface area contributed by atoms with E-state index in [0.717, 1.165) is 25.7 Å². The molecular weight excluding hydrogens is 253 g/mol. The van der Waals surface area contributed by atoms with Crippen molar-refractivity contribution < 1.29 is 4.74 Å². The third-order valence-corrected chi connectivity index (χ3v) is 2.58. The Morgan fingerprint density at radius 2 is 2.09 bits per heavy atom. The molecule has 0 amide bonds. The lowest BCUT2D eigenvalue weighted by Crippen LogP contribution is -2.28. The van der Waals surface area contributed by atoms with E-state index in [0.29, 0.717) is 0 Å². The van der Waals surface area contributed by atoms with Gasteiger partial charge >= 0.3 is 0 Å². The summed E-state index contributed by atoms with van der Waals surface area (Å²) >= 11 is 2.39. The number of ether oxygens (including phenoxy) is 1. The minimum atomic E-state index is 0.867. The fourth-order valence-corrected chi connectivity index (χ4v) is 1.70. The quantitative estimate of drug-likeness (QED) is 0.473. The van der Waals surface area contributed by atoms with E-state index < -0.39 is 0 Å². The van der Waals surface area contributed by atoms with Gasteiger partial charge in [-0.2, -0.15) is 0 Å². The average molecular weight is 269 g/mol. The summed E-state index contributed by atoms with van der Waals surface area (Å²) in [4.78, 5) is 0. The number of halogens is 1. The van der Waals surface area contributed by atoms with E-state index in [4.69, 9.17) is 4.74 Å². The molecule has 3 heteroatoms. The average Bonchev–Trinajstić information content (AvgIpc) is 2.07. The first kappa shape index (κ1) is 9.74. The van der Waals surface area contributed by atoms with Gasteiger partial charge in [-0.05, 0) is 25.3 Å². The van der Waals surface area contributed by atoms with E-state index in [1.165, 1.54) is 23.8 Å². The molecule has 1 aliphatic rings. The lowest BCUT2D eigenvalue weighted by atomic mass is 10.0. The topological polar surface area (TPSA) is 21.3 Å². The van der Waals surface area contributed by atoms with Gasteiger partial charge in [0.25, 0.3) is 0 Å². The van der Waals surface area contributed by atoms with Gasteiger partial charge in [0.05, 0.1) is 0 Å². The zero-order valence-electron chi connectivity index (χ0n) is 6.81. The smallest absolute Gasteiger partial charge is 0.0469 e. The normalized spacial score (nSPS) is 20.5. The van der Waals surface area contributed by atoms with Gasteiger partial charge in [-0.15, -0.1) is 0 Å². The Bertz CT molecular complexity index is 94.1. The molecule has 0 aromatic rings. The van der Waals surface area contributed by atoms with Crippen molar-refractivity contribution in [3.05, 3.63) is 0 Å². The van der Waals surface area contributed by atoms with Crippen molar-refractivity contribution >= 4 is 22.6 Å². The molecule has 0 spiro atoms. The number of alkyl halides is 1. The fourth-order valence-electron chi connectivity index (χ4n) is 1.32.